The van der Waals surface area contributed by atoms with Crippen molar-refractivity contribution in [2.24, 2.45) is 0 Å². The first-order valence-corrected chi connectivity index (χ1v) is 6.99. The minimum Gasteiger partial charge on any atom is -1.00 e. The molecule has 1 N–H and O–H groups in total. The number of hydrogen-bond acceptors (Lipinski definition) is 1. The number of rotatable bonds is 6. The van der Waals surface area contributed by atoms with Crippen LogP contribution in [0.1, 0.15) is 19.8 Å². The van der Waals surface area contributed by atoms with Gasteiger partial charge in [-0.3, -0.25) is 0 Å². The molecule has 0 aliphatic carbocycles. The number of anilines is 1. The van der Waals surface area contributed by atoms with E-state index in [4.69, 9.17) is 0 Å². The Morgan fingerprint density at radius 3 is 2.22 bits per heavy atom. The number of halogens is 2. The first-order valence-electron chi connectivity index (χ1n) is 6.19. The van der Waals surface area contributed by atoms with Crippen LogP contribution >= 0.6 is 15.9 Å². The highest BCUT2D eigenvalue weighted by molar-refractivity contribution is 9.10. The van der Waals surface area contributed by atoms with Gasteiger partial charge in [-0.15, -0.1) is 0 Å². The summed E-state index contributed by atoms with van der Waals surface area (Å²) in [6.45, 7) is 3.48. The molecule has 0 fully saturated rings. The molecular formula is C14H24Br2N2. The quantitative estimate of drug-likeness (QED) is 0.719. The van der Waals surface area contributed by atoms with Crippen molar-refractivity contribution in [3.8, 4) is 0 Å². The summed E-state index contributed by atoms with van der Waals surface area (Å²) in [6, 6.07) is 8.89. The van der Waals surface area contributed by atoms with Crippen molar-refractivity contribution in [2.75, 3.05) is 33.0 Å². The molecule has 1 rings (SSSR count). The third kappa shape index (κ3) is 8.11. The van der Waals surface area contributed by atoms with Gasteiger partial charge in [0.25, 0.3) is 0 Å². The molecule has 0 aliphatic rings. The van der Waals surface area contributed by atoms with Gasteiger partial charge in [-0.25, -0.2) is 0 Å². The van der Waals surface area contributed by atoms with Crippen molar-refractivity contribution in [1.82, 2.24) is 0 Å². The first kappa shape index (κ1) is 17.9. The fourth-order valence-corrected chi connectivity index (χ4v) is 2.04. The smallest absolute Gasteiger partial charge is 0.0781 e. The molecule has 1 aromatic carbocycles. The monoisotopic (exact) mass is 378 g/mol. The van der Waals surface area contributed by atoms with Gasteiger partial charge in [-0.05, 0) is 44.0 Å². The zero-order valence-corrected chi connectivity index (χ0v) is 14.9. The van der Waals surface area contributed by atoms with Gasteiger partial charge in [-0.2, -0.15) is 0 Å². The molecule has 104 valence electrons. The first-order chi connectivity index (χ1) is 7.87. The molecule has 0 spiro atoms. The third-order valence-corrected chi connectivity index (χ3v) is 3.25. The van der Waals surface area contributed by atoms with E-state index in [0.717, 1.165) is 8.96 Å². The summed E-state index contributed by atoms with van der Waals surface area (Å²) in [4.78, 5) is 0. The Morgan fingerprint density at radius 2 is 1.72 bits per heavy atom. The number of hydrogen-bond donors (Lipinski definition) is 1. The molecule has 18 heavy (non-hydrogen) atoms. The SMILES string of the molecule is CC(CCC[N+](C)(C)C)Nc1ccc(Br)cc1.[Br-]. The van der Waals surface area contributed by atoms with E-state index in [1.54, 1.807) is 0 Å². The lowest BCUT2D eigenvalue weighted by Gasteiger charge is -2.24. The van der Waals surface area contributed by atoms with Crippen LogP contribution in [0.3, 0.4) is 0 Å². The van der Waals surface area contributed by atoms with Gasteiger partial charge >= 0.3 is 0 Å². The van der Waals surface area contributed by atoms with Crippen LogP contribution in [0.15, 0.2) is 28.7 Å². The highest BCUT2D eigenvalue weighted by Crippen LogP contribution is 2.16. The van der Waals surface area contributed by atoms with Gasteiger partial charge in [0.1, 0.15) is 0 Å². The lowest BCUT2D eigenvalue weighted by molar-refractivity contribution is -0.870. The fraction of sp³-hybridized carbons (Fsp3) is 0.571. The molecule has 1 aromatic rings. The van der Waals surface area contributed by atoms with Crippen LogP contribution in [-0.4, -0.2) is 38.2 Å². The van der Waals surface area contributed by atoms with E-state index in [0.29, 0.717) is 6.04 Å². The van der Waals surface area contributed by atoms with Gasteiger partial charge in [-0.1, -0.05) is 15.9 Å². The van der Waals surface area contributed by atoms with Crippen LogP contribution in [0, 0.1) is 0 Å². The van der Waals surface area contributed by atoms with E-state index >= 15 is 0 Å². The summed E-state index contributed by atoms with van der Waals surface area (Å²) in [6.07, 6.45) is 2.47. The highest BCUT2D eigenvalue weighted by atomic mass is 79.9. The lowest BCUT2D eigenvalue weighted by atomic mass is 10.1. The molecule has 2 nitrogen and oxygen atoms in total. The molecule has 1 unspecified atom stereocenters. The summed E-state index contributed by atoms with van der Waals surface area (Å²) < 4.78 is 2.17. The van der Waals surface area contributed by atoms with Gasteiger partial charge in [0, 0.05) is 16.2 Å². The fourth-order valence-electron chi connectivity index (χ4n) is 1.77. The number of quaternary nitrogens is 1. The Labute approximate surface area is 130 Å². The molecule has 0 bridgehead atoms. The molecule has 0 aliphatic heterocycles. The second kappa shape index (κ2) is 8.18. The summed E-state index contributed by atoms with van der Waals surface area (Å²) in [5, 5.41) is 3.53. The lowest BCUT2D eigenvalue weighted by Crippen LogP contribution is -3.00. The van der Waals surface area contributed by atoms with Crippen molar-refractivity contribution in [3.05, 3.63) is 28.7 Å². The van der Waals surface area contributed by atoms with Crippen molar-refractivity contribution >= 4 is 21.6 Å². The third-order valence-electron chi connectivity index (χ3n) is 2.72. The summed E-state index contributed by atoms with van der Waals surface area (Å²) in [5.74, 6) is 0. The largest absolute Gasteiger partial charge is 1.00 e. The van der Waals surface area contributed by atoms with Crippen LogP contribution in [-0.2, 0) is 0 Å². The Kier molecular flexibility index (Phi) is 8.15. The van der Waals surface area contributed by atoms with Crippen LogP contribution in [0.5, 0.6) is 0 Å². The minimum absolute atomic E-state index is 0. The number of nitrogens with one attached hydrogen (secondary N) is 1. The second-order valence-electron chi connectivity index (χ2n) is 5.71. The minimum atomic E-state index is 0. The van der Waals surface area contributed by atoms with Crippen molar-refractivity contribution in [3.63, 3.8) is 0 Å². The highest BCUT2D eigenvalue weighted by Gasteiger charge is 2.08. The van der Waals surface area contributed by atoms with Gasteiger partial charge in [0.2, 0.25) is 0 Å². The Morgan fingerprint density at radius 1 is 1.17 bits per heavy atom. The maximum absolute atomic E-state index is 3.53. The van der Waals surface area contributed by atoms with Crippen LogP contribution in [0.25, 0.3) is 0 Å². The molecule has 0 amide bonds. The summed E-state index contributed by atoms with van der Waals surface area (Å²) in [5.41, 5.74) is 1.20. The average molecular weight is 380 g/mol. The second-order valence-corrected chi connectivity index (χ2v) is 6.62. The molecule has 0 aromatic heterocycles. The van der Waals surface area contributed by atoms with Crippen LogP contribution in [0.4, 0.5) is 5.69 Å². The zero-order chi connectivity index (χ0) is 12.9. The van der Waals surface area contributed by atoms with Crippen LogP contribution < -0.4 is 22.3 Å². The number of nitrogens with zero attached hydrogens (tertiary/aromatic N) is 1. The van der Waals surface area contributed by atoms with E-state index in [-0.39, 0.29) is 17.0 Å². The van der Waals surface area contributed by atoms with E-state index in [1.165, 1.54) is 25.1 Å². The van der Waals surface area contributed by atoms with Gasteiger partial charge in [0.05, 0.1) is 27.7 Å². The average Bonchev–Trinajstić information content (AvgIpc) is 2.19. The standard InChI is InChI=1S/C14H24BrN2.BrH/c1-12(6-5-11-17(2,3)4)16-14-9-7-13(15)8-10-14;/h7-10,12,16H,5-6,11H2,1-4H3;1H/q+1;/p-1. The van der Waals surface area contributed by atoms with E-state index < -0.39 is 0 Å². The zero-order valence-electron chi connectivity index (χ0n) is 11.7. The molecule has 0 saturated heterocycles. The Hall–Kier alpha value is -0.0600. The normalized spacial score (nSPS) is 12.7. The molecule has 4 heteroatoms. The molecule has 0 heterocycles. The Bertz CT molecular complexity index is 331. The predicted molar refractivity (Wildman–Crippen MR) is 79.4 cm³/mol. The van der Waals surface area contributed by atoms with Crippen molar-refractivity contribution in [2.45, 2.75) is 25.8 Å². The maximum Gasteiger partial charge on any atom is 0.0781 e. The summed E-state index contributed by atoms with van der Waals surface area (Å²) >= 11 is 3.45. The molecule has 0 saturated carbocycles. The predicted octanol–water partition coefficient (Wildman–Crippen LogP) is 0.740. The van der Waals surface area contributed by atoms with E-state index in [1.807, 2.05) is 0 Å². The summed E-state index contributed by atoms with van der Waals surface area (Å²) in [7, 11) is 6.73. The Balaban J connectivity index is 0.00000289. The number of benzene rings is 1. The molecule has 1 atom stereocenters. The van der Waals surface area contributed by atoms with E-state index in [9.17, 15) is 0 Å². The molecular weight excluding hydrogens is 356 g/mol. The van der Waals surface area contributed by atoms with Gasteiger partial charge < -0.3 is 26.8 Å². The van der Waals surface area contributed by atoms with Gasteiger partial charge in [0.15, 0.2) is 0 Å². The van der Waals surface area contributed by atoms with Crippen molar-refractivity contribution in [1.29, 1.82) is 0 Å². The van der Waals surface area contributed by atoms with Crippen molar-refractivity contribution < 1.29 is 21.5 Å². The maximum atomic E-state index is 3.53. The van der Waals surface area contributed by atoms with E-state index in [2.05, 4.69) is 73.6 Å². The van der Waals surface area contributed by atoms with Crippen LogP contribution in [0.2, 0.25) is 0 Å². The molecule has 0 radical (unpaired) electrons. The topological polar surface area (TPSA) is 12.0 Å².